The highest BCUT2D eigenvalue weighted by molar-refractivity contribution is 7.89. The summed E-state index contributed by atoms with van der Waals surface area (Å²) in [5.74, 6) is -0.568. The fourth-order valence-electron chi connectivity index (χ4n) is 3.46. The number of sulfonamides is 1. The van der Waals surface area contributed by atoms with Crippen molar-refractivity contribution in [3.8, 4) is 5.69 Å². The van der Waals surface area contributed by atoms with Gasteiger partial charge in [0.25, 0.3) is 0 Å². The smallest absolute Gasteiger partial charge is 0.324 e. The first-order valence-electron chi connectivity index (χ1n) is 10.6. The molecule has 0 saturated heterocycles. The Kier molecular flexibility index (Phi) is 8.13. The van der Waals surface area contributed by atoms with E-state index in [1.807, 2.05) is 36.5 Å². The van der Waals surface area contributed by atoms with Crippen molar-refractivity contribution >= 4 is 16.0 Å². The Balaban J connectivity index is 1.96. The lowest BCUT2D eigenvalue weighted by Gasteiger charge is -2.29. The predicted molar refractivity (Wildman–Crippen MR) is 120 cm³/mol. The second kappa shape index (κ2) is 11.0. The number of carbonyl (C=O) groups is 1. The van der Waals surface area contributed by atoms with Gasteiger partial charge in [-0.1, -0.05) is 38.3 Å². The average molecular weight is 457 g/mol. The van der Waals surface area contributed by atoms with Gasteiger partial charge in [-0.2, -0.15) is 9.40 Å². The molecular weight excluding hydrogens is 428 g/mol. The van der Waals surface area contributed by atoms with Crippen LogP contribution in [0.1, 0.15) is 38.2 Å². The van der Waals surface area contributed by atoms with Crippen LogP contribution in [0.4, 0.5) is 0 Å². The number of unbranched alkanes of at least 4 members (excludes halogenated alkanes) is 2. The Morgan fingerprint density at radius 2 is 1.91 bits per heavy atom. The Hall–Kier alpha value is -3.04. The van der Waals surface area contributed by atoms with Crippen LogP contribution in [0.5, 0.6) is 0 Å². The molecule has 0 saturated carbocycles. The van der Waals surface area contributed by atoms with E-state index in [2.05, 4.69) is 17.0 Å². The summed E-state index contributed by atoms with van der Waals surface area (Å²) in [4.78, 5) is 16.7. The molecule has 2 aromatic heterocycles. The monoisotopic (exact) mass is 456 g/mol. The number of esters is 1. The molecule has 8 nitrogen and oxygen atoms in total. The van der Waals surface area contributed by atoms with E-state index >= 15 is 0 Å². The van der Waals surface area contributed by atoms with E-state index in [4.69, 9.17) is 4.74 Å². The first-order chi connectivity index (χ1) is 15.5. The molecule has 2 heterocycles. The molecule has 0 aliphatic heterocycles. The van der Waals surface area contributed by atoms with Gasteiger partial charge in [0.15, 0.2) is 0 Å². The molecule has 0 bridgehead atoms. The molecule has 1 aromatic carbocycles. The van der Waals surface area contributed by atoms with Gasteiger partial charge >= 0.3 is 5.97 Å². The Labute approximate surface area is 188 Å². The van der Waals surface area contributed by atoms with Gasteiger partial charge in [-0.3, -0.25) is 9.78 Å². The highest BCUT2D eigenvalue weighted by atomic mass is 32.2. The summed E-state index contributed by atoms with van der Waals surface area (Å²) < 4.78 is 35.0. The van der Waals surface area contributed by atoms with Crippen LogP contribution in [0.15, 0.2) is 72.1 Å². The van der Waals surface area contributed by atoms with Crippen LogP contribution in [0.3, 0.4) is 0 Å². The topological polar surface area (TPSA) is 94.4 Å². The fourth-order valence-corrected chi connectivity index (χ4v) is 5.02. The zero-order valence-corrected chi connectivity index (χ0v) is 19.1. The van der Waals surface area contributed by atoms with Crippen molar-refractivity contribution in [2.24, 2.45) is 0 Å². The standard InChI is InChI=1S/C23H28N4O4S/c1-3-4-5-9-22(23(28)31-2)27(32(29,30)21-8-6-14-24-17-21)18-19-10-12-20(13-11-19)26-16-7-15-25-26/h6-8,10-17,22H,3-5,9,18H2,1-2H3. The van der Waals surface area contributed by atoms with E-state index in [1.165, 1.54) is 29.9 Å². The van der Waals surface area contributed by atoms with Gasteiger partial charge in [0.1, 0.15) is 10.9 Å². The zero-order chi connectivity index (χ0) is 23.0. The first-order valence-corrected chi connectivity index (χ1v) is 12.0. The third-order valence-electron chi connectivity index (χ3n) is 5.19. The summed E-state index contributed by atoms with van der Waals surface area (Å²) >= 11 is 0. The summed E-state index contributed by atoms with van der Waals surface area (Å²) in [5, 5.41) is 4.20. The maximum atomic E-state index is 13.5. The van der Waals surface area contributed by atoms with Gasteiger partial charge in [0.05, 0.1) is 12.8 Å². The van der Waals surface area contributed by atoms with Crippen molar-refractivity contribution in [3.63, 3.8) is 0 Å². The normalized spacial score (nSPS) is 12.6. The molecule has 1 unspecified atom stereocenters. The lowest BCUT2D eigenvalue weighted by Crippen LogP contribution is -2.45. The Morgan fingerprint density at radius 3 is 2.50 bits per heavy atom. The van der Waals surface area contributed by atoms with Gasteiger partial charge in [0, 0.05) is 31.3 Å². The minimum atomic E-state index is -3.99. The second-order valence-corrected chi connectivity index (χ2v) is 9.28. The van der Waals surface area contributed by atoms with Crippen LogP contribution in [-0.2, 0) is 26.1 Å². The molecule has 1 atom stereocenters. The van der Waals surface area contributed by atoms with Crippen LogP contribution in [0.25, 0.3) is 5.69 Å². The van der Waals surface area contributed by atoms with Gasteiger partial charge < -0.3 is 4.74 Å². The van der Waals surface area contributed by atoms with Gasteiger partial charge in [-0.05, 0) is 42.3 Å². The van der Waals surface area contributed by atoms with Crippen LogP contribution >= 0.6 is 0 Å². The van der Waals surface area contributed by atoms with Crippen molar-refractivity contribution in [1.29, 1.82) is 0 Å². The Morgan fingerprint density at radius 1 is 1.12 bits per heavy atom. The minimum absolute atomic E-state index is 0.0303. The summed E-state index contributed by atoms with van der Waals surface area (Å²) in [6.45, 7) is 2.08. The number of nitrogens with zero attached hydrogens (tertiary/aromatic N) is 4. The maximum Gasteiger partial charge on any atom is 0.324 e. The molecule has 0 spiro atoms. The van der Waals surface area contributed by atoms with Crippen LogP contribution in [0.2, 0.25) is 0 Å². The third kappa shape index (κ3) is 5.60. The zero-order valence-electron chi connectivity index (χ0n) is 18.3. The molecule has 3 aromatic rings. The highest BCUT2D eigenvalue weighted by Crippen LogP contribution is 2.25. The van der Waals surface area contributed by atoms with E-state index in [0.717, 1.165) is 24.1 Å². The average Bonchev–Trinajstić information content (AvgIpc) is 3.36. The van der Waals surface area contributed by atoms with E-state index in [9.17, 15) is 13.2 Å². The number of methoxy groups -OCH3 is 1. The van der Waals surface area contributed by atoms with Gasteiger partial charge in [0.2, 0.25) is 10.0 Å². The molecule has 0 fully saturated rings. The molecule has 32 heavy (non-hydrogen) atoms. The molecule has 0 aliphatic rings. The van der Waals surface area contributed by atoms with E-state index in [0.29, 0.717) is 12.8 Å². The number of rotatable bonds is 11. The van der Waals surface area contributed by atoms with Crippen molar-refractivity contribution in [1.82, 2.24) is 19.1 Å². The molecule has 0 aliphatic carbocycles. The fraction of sp³-hybridized carbons (Fsp3) is 0.348. The SMILES string of the molecule is CCCCCC(C(=O)OC)N(Cc1ccc(-n2cccn2)cc1)S(=O)(=O)c1cccnc1. The van der Waals surface area contributed by atoms with Gasteiger partial charge in [-0.25, -0.2) is 13.1 Å². The summed E-state index contributed by atoms with van der Waals surface area (Å²) in [6.07, 6.45) is 9.27. The van der Waals surface area contributed by atoms with E-state index < -0.39 is 22.0 Å². The largest absolute Gasteiger partial charge is 0.468 e. The number of aromatic nitrogens is 3. The third-order valence-corrected chi connectivity index (χ3v) is 7.02. The predicted octanol–water partition coefficient (Wildman–Crippen LogP) is 3.58. The molecular formula is C23H28N4O4S. The molecule has 0 N–H and O–H groups in total. The number of carbonyl (C=O) groups excluding carboxylic acids is 1. The molecule has 0 amide bonds. The van der Waals surface area contributed by atoms with Gasteiger partial charge in [-0.15, -0.1) is 0 Å². The van der Waals surface area contributed by atoms with Crippen molar-refractivity contribution < 1.29 is 17.9 Å². The van der Waals surface area contributed by atoms with E-state index in [1.54, 1.807) is 16.9 Å². The lowest BCUT2D eigenvalue weighted by atomic mass is 10.1. The quantitative estimate of drug-likeness (QED) is 0.323. The van der Waals surface area contributed by atoms with Crippen LogP contribution in [0, 0.1) is 0 Å². The number of hydrogen-bond acceptors (Lipinski definition) is 6. The summed E-state index contributed by atoms with van der Waals surface area (Å²) in [6, 6.07) is 11.3. The van der Waals surface area contributed by atoms with Crippen LogP contribution in [-0.4, -0.2) is 46.6 Å². The van der Waals surface area contributed by atoms with Crippen molar-refractivity contribution in [2.45, 2.75) is 50.1 Å². The molecule has 9 heteroatoms. The summed E-state index contributed by atoms with van der Waals surface area (Å²) in [5.41, 5.74) is 1.60. The van der Waals surface area contributed by atoms with E-state index in [-0.39, 0.29) is 11.4 Å². The number of hydrogen-bond donors (Lipinski definition) is 0. The number of ether oxygens (including phenoxy) is 1. The maximum absolute atomic E-state index is 13.5. The van der Waals surface area contributed by atoms with Crippen molar-refractivity contribution in [2.75, 3.05) is 7.11 Å². The highest BCUT2D eigenvalue weighted by Gasteiger charge is 2.36. The van der Waals surface area contributed by atoms with Crippen molar-refractivity contribution in [3.05, 3.63) is 72.8 Å². The summed E-state index contributed by atoms with van der Waals surface area (Å²) in [7, 11) is -2.71. The second-order valence-electron chi connectivity index (χ2n) is 7.39. The molecule has 0 radical (unpaired) electrons. The Bertz CT molecular complexity index is 1080. The number of pyridine rings is 1. The lowest BCUT2D eigenvalue weighted by molar-refractivity contribution is -0.145. The number of benzene rings is 1. The van der Waals surface area contributed by atoms with Crippen LogP contribution < -0.4 is 0 Å². The molecule has 3 rings (SSSR count). The first kappa shape index (κ1) is 23.6. The molecule has 170 valence electrons. The minimum Gasteiger partial charge on any atom is -0.468 e.